The molecule has 10 atom stereocenters. The third-order valence-electron chi connectivity index (χ3n) is 10.2. The zero-order chi connectivity index (χ0) is 26.5. The number of carbonyl (C=O) groups is 3. The van der Waals surface area contributed by atoms with Crippen LogP contribution in [0.2, 0.25) is 0 Å². The van der Waals surface area contributed by atoms with Gasteiger partial charge in [-0.25, -0.2) is 0 Å². The van der Waals surface area contributed by atoms with Crippen LogP contribution in [0.4, 0.5) is 0 Å². The Hall–Kier alpha value is -1.77. The minimum absolute atomic E-state index is 0.0280. The maximum atomic E-state index is 13.8. The lowest BCUT2D eigenvalue weighted by atomic mass is 9.45. The van der Waals surface area contributed by atoms with E-state index in [1.165, 1.54) is 6.92 Å². The molecule has 37 heavy (non-hydrogen) atoms. The van der Waals surface area contributed by atoms with Gasteiger partial charge in [0.2, 0.25) is 0 Å². The van der Waals surface area contributed by atoms with Crippen LogP contribution in [0.3, 0.4) is 0 Å². The van der Waals surface area contributed by atoms with Crippen molar-refractivity contribution in [1.82, 2.24) is 0 Å². The van der Waals surface area contributed by atoms with Gasteiger partial charge in [0, 0.05) is 30.7 Å². The smallest absolute Gasteiger partial charge is 0.307 e. The molecular weight excluding hydrogens is 474 g/mol. The number of nitrogens with two attached hydrogens (primary N) is 1. The fourth-order valence-corrected chi connectivity index (χ4v) is 9.18. The molecule has 0 aromatic rings. The lowest BCUT2D eigenvalue weighted by molar-refractivity contribution is -0.224. The van der Waals surface area contributed by atoms with Crippen molar-refractivity contribution < 1.29 is 33.7 Å². The van der Waals surface area contributed by atoms with Crippen LogP contribution >= 0.6 is 0 Å². The lowest BCUT2D eigenvalue weighted by Gasteiger charge is -2.62. The van der Waals surface area contributed by atoms with Gasteiger partial charge in [-0.05, 0) is 74.2 Å². The Balaban J connectivity index is 1.51. The Bertz CT molecular complexity index is 947. The summed E-state index contributed by atoms with van der Waals surface area (Å²) in [6, 6.07) is 0. The molecule has 1 aliphatic heterocycles. The number of aliphatic carboxylic acids is 1. The first-order valence-corrected chi connectivity index (χ1v) is 14.2. The lowest BCUT2D eigenvalue weighted by Crippen LogP contribution is -2.64. The number of ketones is 1. The van der Waals surface area contributed by atoms with Gasteiger partial charge in [0.05, 0.1) is 31.8 Å². The van der Waals surface area contributed by atoms with Gasteiger partial charge in [-0.1, -0.05) is 19.4 Å². The number of ether oxygens (including phenoxy) is 3. The number of carboxylic acids is 1. The minimum Gasteiger partial charge on any atom is -0.481 e. The summed E-state index contributed by atoms with van der Waals surface area (Å²) in [4.78, 5) is 38.4. The molecule has 1 heterocycles. The molecule has 0 spiro atoms. The van der Waals surface area contributed by atoms with Gasteiger partial charge in [0.15, 0.2) is 5.78 Å². The molecule has 3 saturated carbocycles. The van der Waals surface area contributed by atoms with Crippen molar-refractivity contribution in [3.8, 4) is 0 Å². The molecule has 206 valence electrons. The van der Waals surface area contributed by atoms with Crippen LogP contribution < -0.4 is 5.73 Å². The molecule has 3 N–H and O–H groups in total. The quantitative estimate of drug-likeness (QED) is 0.493. The van der Waals surface area contributed by atoms with E-state index in [4.69, 9.17) is 19.9 Å². The molecule has 2 bridgehead atoms. The Morgan fingerprint density at radius 3 is 2.68 bits per heavy atom. The van der Waals surface area contributed by atoms with Crippen LogP contribution in [-0.4, -0.2) is 61.4 Å². The van der Waals surface area contributed by atoms with E-state index < -0.39 is 23.9 Å². The van der Waals surface area contributed by atoms with Crippen molar-refractivity contribution in [2.24, 2.45) is 58.5 Å². The summed E-state index contributed by atoms with van der Waals surface area (Å²) < 4.78 is 18.2. The first-order valence-electron chi connectivity index (χ1n) is 14.2. The highest BCUT2D eigenvalue weighted by molar-refractivity contribution is 5.97. The highest BCUT2D eigenvalue weighted by atomic mass is 16.6. The second kappa shape index (κ2) is 10.4. The number of fused-ring (bicyclic) bond motifs is 3. The largest absolute Gasteiger partial charge is 0.481 e. The first-order chi connectivity index (χ1) is 17.7. The maximum absolute atomic E-state index is 13.8. The summed E-state index contributed by atoms with van der Waals surface area (Å²) in [6.07, 6.45) is 6.19. The highest BCUT2D eigenvalue weighted by Crippen LogP contribution is 2.64. The monoisotopic (exact) mass is 517 g/mol. The number of rotatable bonds is 7. The molecule has 5 rings (SSSR count). The van der Waals surface area contributed by atoms with E-state index in [-0.39, 0.29) is 52.9 Å². The standard InChI is InChI=1S/C29H43NO7/c1-15(2)10-17-4-5-19-18-6-7-21-20-13-35-14-29(21,12-24(37-16(3)31)27(20)36-9-8-30)22(18)11-23(32)26(19)25(17)28(33)34/h11,15,17-21,24-27H,4-10,12-14,30H2,1-3H3,(H,33,34)/t17?,18?,19?,20?,21?,24-,25?,26?,27-,29-/m1/s1. The van der Waals surface area contributed by atoms with Crippen molar-refractivity contribution in [3.63, 3.8) is 0 Å². The van der Waals surface area contributed by atoms with Crippen molar-refractivity contribution >= 4 is 17.7 Å². The summed E-state index contributed by atoms with van der Waals surface area (Å²) in [7, 11) is 0. The van der Waals surface area contributed by atoms with Gasteiger partial charge in [-0.3, -0.25) is 14.4 Å². The molecule has 0 aromatic carbocycles. The summed E-state index contributed by atoms with van der Waals surface area (Å²) in [5.74, 6) is -1.28. The van der Waals surface area contributed by atoms with Gasteiger partial charge >= 0.3 is 11.9 Å². The Morgan fingerprint density at radius 1 is 1.22 bits per heavy atom. The predicted molar refractivity (Wildman–Crippen MR) is 135 cm³/mol. The molecule has 0 amide bonds. The minimum atomic E-state index is -0.828. The number of carbonyl (C=O) groups excluding carboxylic acids is 2. The number of hydrogen-bond donors (Lipinski definition) is 2. The summed E-state index contributed by atoms with van der Waals surface area (Å²) in [6.45, 7) is 7.49. The van der Waals surface area contributed by atoms with Crippen molar-refractivity contribution in [2.75, 3.05) is 26.4 Å². The van der Waals surface area contributed by atoms with Gasteiger partial charge in [0.25, 0.3) is 0 Å². The molecule has 4 fully saturated rings. The van der Waals surface area contributed by atoms with E-state index in [9.17, 15) is 19.5 Å². The normalized spacial score (nSPS) is 42.8. The summed E-state index contributed by atoms with van der Waals surface area (Å²) >= 11 is 0. The van der Waals surface area contributed by atoms with Gasteiger partial charge in [0.1, 0.15) is 6.10 Å². The first kappa shape index (κ1) is 26.8. The molecule has 0 aromatic heterocycles. The third kappa shape index (κ3) is 4.57. The SMILES string of the molecule is CC(=O)O[C@@H]1C[C@@]23COCC(C2CCC2C3=CC(=O)C3C2CCC(CC(C)C)C3C(=O)O)[C@H]1OCCN. The van der Waals surface area contributed by atoms with Crippen LogP contribution in [0.25, 0.3) is 0 Å². The third-order valence-corrected chi connectivity index (χ3v) is 10.2. The number of allylic oxidation sites excluding steroid dienone is 1. The van der Waals surface area contributed by atoms with E-state index in [0.29, 0.717) is 38.7 Å². The second-order valence-electron chi connectivity index (χ2n) is 12.6. The van der Waals surface area contributed by atoms with E-state index >= 15 is 0 Å². The molecule has 8 nitrogen and oxygen atoms in total. The molecule has 0 radical (unpaired) electrons. The van der Waals surface area contributed by atoms with Crippen LogP contribution in [0.15, 0.2) is 11.6 Å². The van der Waals surface area contributed by atoms with Crippen LogP contribution in [0.5, 0.6) is 0 Å². The maximum Gasteiger partial charge on any atom is 0.307 e. The summed E-state index contributed by atoms with van der Waals surface area (Å²) in [5.41, 5.74) is 6.47. The van der Waals surface area contributed by atoms with Crippen molar-refractivity contribution in [2.45, 2.75) is 71.5 Å². The second-order valence-corrected chi connectivity index (χ2v) is 12.6. The van der Waals surface area contributed by atoms with E-state index in [0.717, 1.165) is 37.7 Å². The van der Waals surface area contributed by atoms with Crippen molar-refractivity contribution in [3.05, 3.63) is 11.6 Å². The zero-order valence-corrected chi connectivity index (χ0v) is 22.4. The topological polar surface area (TPSA) is 125 Å². The summed E-state index contributed by atoms with van der Waals surface area (Å²) in [5, 5.41) is 10.3. The van der Waals surface area contributed by atoms with Crippen LogP contribution in [0, 0.1) is 52.8 Å². The molecular formula is C29H43NO7. The zero-order valence-electron chi connectivity index (χ0n) is 22.4. The molecule has 4 aliphatic carbocycles. The molecule has 8 heteroatoms. The van der Waals surface area contributed by atoms with Crippen LogP contribution in [0.1, 0.15) is 59.3 Å². The highest BCUT2D eigenvalue weighted by Gasteiger charge is 2.64. The predicted octanol–water partition coefficient (Wildman–Crippen LogP) is 3.22. The average Bonchev–Trinajstić information content (AvgIpc) is 2.82. The fourth-order valence-electron chi connectivity index (χ4n) is 9.18. The average molecular weight is 518 g/mol. The Kier molecular flexibility index (Phi) is 7.55. The molecule has 5 aliphatic rings. The Labute approximate surface area is 219 Å². The van der Waals surface area contributed by atoms with Crippen LogP contribution in [-0.2, 0) is 28.6 Å². The number of esters is 1. The number of carboxylic acid groups (broad SMARTS) is 1. The van der Waals surface area contributed by atoms with E-state index in [1.54, 1.807) is 0 Å². The molecule has 7 unspecified atom stereocenters. The fraction of sp³-hybridized carbons (Fsp3) is 0.828. The van der Waals surface area contributed by atoms with Gasteiger partial charge < -0.3 is 25.1 Å². The Morgan fingerprint density at radius 2 is 2.00 bits per heavy atom. The van der Waals surface area contributed by atoms with Crippen molar-refractivity contribution in [1.29, 1.82) is 0 Å². The molecule has 1 saturated heterocycles. The number of hydrogen-bond acceptors (Lipinski definition) is 7. The van der Waals surface area contributed by atoms with Gasteiger partial charge in [-0.15, -0.1) is 0 Å². The van der Waals surface area contributed by atoms with E-state index in [2.05, 4.69) is 13.8 Å². The van der Waals surface area contributed by atoms with Gasteiger partial charge in [-0.2, -0.15) is 0 Å². The van der Waals surface area contributed by atoms with E-state index in [1.807, 2.05) is 6.08 Å².